The van der Waals surface area contributed by atoms with Crippen molar-refractivity contribution in [3.63, 3.8) is 0 Å². The molecule has 8 heteroatoms. The number of benzene rings is 2. The number of H-pyrrole nitrogens is 1. The second-order valence-corrected chi connectivity index (χ2v) is 8.50. The SMILES string of the molecule is CCN(Cc1ccc(-c2nc3ncccc3[nH]2)cc1Oc1ccc(-c2ccc(C)nn2)cc1)C(C)=O.[HH]. The van der Waals surface area contributed by atoms with Gasteiger partial charge in [0.15, 0.2) is 5.65 Å². The molecule has 1 N–H and O–H groups in total. The Hall–Kier alpha value is -4.59. The second-order valence-electron chi connectivity index (χ2n) is 8.50. The highest BCUT2D eigenvalue weighted by atomic mass is 16.5. The average molecular weight is 481 g/mol. The van der Waals surface area contributed by atoms with E-state index in [1.54, 1.807) is 18.0 Å². The highest BCUT2D eigenvalue weighted by molar-refractivity contribution is 5.76. The summed E-state index contributed by atoms with van der Waals surface area (Å²) in [6, 6.07) is 21.3. The molecular weight excluding hydrogens is 452 g/mol. The molecule has 0 radical (unpaired) electrons. The van der Waals surface area contributed by atoms with Crippen LogP contribution >= 0.6 is 0 Å². The summed E-state index contributed by atoms with van der Waals surface area (Å²) in [5, 5.41) is 8.39. The lowest BCUT2D eigenvalue weighted by atomic mass is 10.1. The maximum absolute atomic E-state index is 12.1. The van der Waals surface area contributed by atoms with Gasteiger partial charge in [-0.05, 0) is 68.4 Å². The first kappa shape index (κ1) is 23.2. The first-order valence-corrected chi connectivity index (χ1v) is 11.8. The molecule has 0 unspecified atom stereocenters. The molecule has 36 heavy (non-hydrogen) atoms. The zero-order chi connectivity index (χ0) is 25.1. The summed E-state index contributed by atoms with van der Waals surface area (Å²) < 4.78 is 6.35. The summed E-state index contributed by atoms with van der Waals surface area (Å²) in [4.78, 5) is 26.1. The summed E-state index contributed by atoms with van der Waals surface area (Å²) in [6.45, 7) is 6.50. The quantitative estimate of drug-likeness (QED) is 0.316. The highest BCUT2D eigenvalue weighted by Gasteiger charge is 2.15. The van der Waals surface area contributed by atoms with Gasteiger partial charge in [-0.1, -0.05) is 12.1 Å². The number of pyridine rings is 1. The van der Waals surface area contributed by atoms with Crippen molar-refractivity contribution in [1.29, 1.82) is 0 Å². The van der Waals surface area contributed by atoms with Gasteiger partial charge in [0, 0.05) is 44.3 Å². The van der Waals surface area contributed by atoms with Gasteiger partial charge in [-0.3, -0.25) is 4.79 Å². The molecular formula is C28H28N6O2. The standard InChI is InChI=1S/C28H26N6O2.H2/c1-4-34(19(3)35)17-22-9-8-21(27-30-25-6-5-15-29-28(25)31-27)16-26(22)36-23-12-10-20(11-13-23)24-14-7-18(2)32-33-24;/h5-16H,4,17H2,1-3H3,(H,29,30,31);1H. The van der Waals surface area contributed by atoms with E-state index >= 15 is 0 Å². The van der Waals surface area contributed by atoms with E-state index in [-0.39, 0.29) is 7.33 Å². The van der Waals surface area contributed by atoms with Crippen LogP contribution in [-0.4, -0.2) is 42.5 Å². The van der Waals surface area contributed by atoms with Crippen LogP contribution in [0.1, 0.15) is 26.5 Å². The van der Waals surface area contributed by atoms with E-state index in [0.717, 1.165) is 33.6 Å². The van der Waals surface area contributed by atoms with Crippen molar-refractivity contribution < 1.29 is 11.0 Å². The Morgan fingerprint density at radius 3 is 2.53 bits per heavy atom. The van der Waals surface area contributed by atoms with Crippen LogP contribution in [0.2, 0.25) is 0 Å². The van der Waals surface area contributed by atoms with Crippen LogP contribution in [0.25, 0.3) is 33.8 Å². The monoisotopic (exact) mass is 480 g/mol. The van der Waals surface area contributed by atoms with Crippen molar-refractivity contribution in [2.75, 3.05) is 6.54 Å². The van der Waals surface area contributed by atoms with Crippen molar-refractivity contribution in [3.8, 4) is 34.1 Å². The zero-order valence-electron chi connectivity index (χ0n) is 20.4. The molecule has 0 fully saturated rings. The lowest BCUT2D eigenvalue weighted by Gasteiger charge is -2.21. The zero-order valence-corrected chi connectivity index (χ0v) is 20.4. The van der Waals surface area contributed by atoms with E-state index in [1.165, 1.54) is 0 Å². The molecule has 5 rings (SSSR count). The number of aromatic nitrogens is 5. The number of amides is 1. The Kier molecular flexibility index (Phi) is 6.40. The predicted molar refractivity (Wildman–Crippen MR) is 140 cm³/mol. The molecule has 8 nitrogen and oxygen atoms in total. The van der Waals surface area contributed by atoms with Crippen LogP contribution in [0.3, 0.4) is 0 Å². The number of aryl methyl sites for hydroxylation is 1. The Bertz CT molecular complexity index is 1480. The van der Waals surface area contributed by atoms with Crippen molar-refractivity contribution in [1.82, 2.24) is 30.0 Å². The number of hydrogen-bond donors (Lipinski definition) is 1. The molecule has 3 aromatic heterocycles. The van der Waals surface area contributed by atoms with Crippen LogP contribution in [-0.2, 0) is 11.3 Å². The van der Waals surface area contributed by atoms with Crippen molar-refractivity contribution in [3.05, 3.63) is 84.2 Å². The van der Waals surface area contributed by atoms with Crippen LogP contribution in [0, 0.1) is 6.92 Å². The van der Waals surface area contributed by atoms with Gasteiger partial charge in [0.25, 0.3) is 0 Å². The van der Waals surface area contributed by atoms with E-state index < -0.39 is 0 Å². The molecule has 0 bridgehead atoms. The number of hydrogen-bond acceptors (Lipinski definition) is 6. The third kappa shape index (κ3) is 4.93. The number of imidazole rings is 1. The lowest BCUT2D eigenvalue weighted by molar-refractivity contribution is -0.129. The van der Waals surface area contributed by atoms with Gasteiger partial charge in [-0.25, -0.2) is 9.97 Å². The van der Waals surface area contributed by atoms with Gasteiger partial charge in [-0.2, -0.15) is 10.2 Å². The highest BCUT2D eigenvalue weighted by Crippen LogP contribution is 2.32. The number of fused-ring (bicyclic) bond motifs is 1. The second kappa shape index (κ2) is 9.95. The van der Waals surface area contributed by atoms with Gasteiger partial charge in [-0.15, -0.1) is 0 Å². The van der Waals surface area contributed by atoms with E-state index in [9.17, 15) is 4.79 Å². The number of nitrogens with one attached hydrogen (secondary N) is 1. The fourth-order valence-electron chi connectivity index (χ4n) is 3.93. The summed E-state index contributed by atoms with van der Waals surface area (Å²) in [5.74, 6) is 2.05. The molecule has 0 aliphatic heterocycles. The number of aromatic amines is 1. The molecule has 3 heterocycles. The molecule has 1 amide bonds. The van der Waals surface area contributed by atoms with E-state index in [2.05, 4.69) is 25.1 Å². The molecule has 0 spiro atoms. The lowest BCUT2D eigenvalue weighted by Crippen LogP contribution is -2.27. The van der Waals surface area contributed by atoms with E-state index in [1.807, 2.05) is 80.6 Å². The summed E-state index contributed by atoms with van der Waals surface area (Å²) in [6.07, 6.45) is 1.72. The Morgan fingerprint density at radius 2 is 1.83 bits per heavy atom. The summed E-state index contributed by atoms with van der Waals surface area (Å²) in [5.41, 5.74) is 5.91. The predicted octanol–water partition coefficient (Wildman–Crippen LogP) is 5.80. The third-order valence-corrected chi connectivity index (χ3v) is 5.96. The van der Waals surface area contributed by atoms with Gasteiger partial charge in [0.2, 0.25) is 5.91 Å². The minimum atomic E-state index is 0. The maximum Gasteiger partial charge on any atom is 0.219 e. The van der Waals surface area contributed by atoms with Crippen LogP contribution in [0.4, 0.5) is 0 Å². The minimum Gasteiger partial charge on any atom is -0.457 e. The molecule has 2 aromatic carbocycles. The van der Waals surface area contributed by atoms with Gasteiger partial charge < -0.3 is 14.6 Å². The molecule has 5 aromatic rings. The number of carbonyl (C=O) groups excluding carboxylic acids is 1. The van der Waals surface area contributed by atoms with Crippen LogP contribution in [0.15, 0.2) is 72.9 Å². The molecule has 0 atom stereocenters. The largest absolute Gasteiger partial charge is 0.457 e. The molecule has 182 valence electrons. The fourth-order valence-corrected chi connectivity index (χ4v) is 3.93. The Labute approximate surface area is 210 Å². The number of ether oxygens (including phenoxy) is 1. The average Bonchev–Trinajstić information content (AvgIpc) is 3.33. The molecule has 0 aliphatic carbocycles. The fraction of sp³-hybridized carbons (Fsp3) is 0.179. The third-order valence-electron chi connectivity index (χ3n) is 5.96. The normalized spacial score (nSPS) is 11.0. The van der Waals surface area contributed by atoms with E-state index in [4.69, 9.17) is 4.74 Å². The number of nitrogens with zero attached hydrogens (tertiary/aromatic N) is 5. The van der Waals surface area contributed by atoms with Gasteiger partial charge in [0.1, 0.15) is 17.3 Å². The van der Waals surface area contributed by atoms with E-state index in [0.29, 0.717) is 36.1 Å². The van der Waals surface area contributed by atoms with Gasteiger partial charge >= 0.3 is 0 Å². The Balaban J connectivity index is 0.00000320. The first-order valence-electron chi connectivity index (χ1n) is 11.8. The van der Waals surface area contributed by atoms with Crippen molar-refractivity contribution >= 4 is 17.1 Å². The molecule has 0 saturated heterocycles. The smallest absolute Gasteiger partial charge is 0.219 e. The van der Waals surface area contributed by atoms with Crippen molar-refractivity contribution in [2.45, 2.75) is 27.3 Å². The summed E-state index contributed by atoms with van der Waals surface area (Å²) in [7, 11) is 0. The molecule has 0 saturated carbocycles. The van der Waals surface area contributed by atoms with Crippen LogP contribution in [0.5, 0.6) is 11.5 Å². The van der Waals surface area contributed by atoms with Crippen molar-refractivity contribution in [2.24, 2.45) is 0 Å². The summed E-state index contributed by atoms with van der Waals surface area (Å²) >= 11 is 0. The Morgan fingerprint density at radius 1 is 1.03 bits per heavy atom. The number of rotatable bonds is 7. The topological polar surface area (TPSA) is 96.9 Å². The van der Waals surface area contributed by atoms with Gasteiger partial charge in [0.05, 0.1) is 16.9 Å². The maximum atomic E-state index is 12.1. The first-order chi connectivity index (χ1) is 17.5. The minimum absolute atomic E-state index is 0. The number of carbonyl (C=O) groups is 1. The molecule has 0 aliphatic rings. The van der Waals surface area contributed by atoms with Crippen LogP contribution < -0.4 is 4.74 Å².